The van der Waals surface area contributed by atoms with E-state index in [4.69, 9.17) is 9.47 Å². The fourth-order valence-corrected chi connectivity index (χ4v) is 4.82. The Morgan fingerprint density at radius 3 is 3.13 bits per heavy atom. The van der Waals surface area contributed by atoms with E-state index in [1.807, 2.05) is 6.07 Å². The second-order valence-corrected chi connectivity index (χ2v) is 9.12. The van der Waals surface area contributed by atoms with Crippen molar-refractivity contribution in [3.8, 4) is 0 Å². The second-order valence-electron chi connectivity index (χ2n) is 7.04. The second kappa shape index (κ2) is 12.1. The molecule has 2 heterocycles. The summed E-state index contributed by atoms with van der Waals surface area (Å²) in [4.78, 5) is 30.3. The standard InChI is InChI=1S/C21H26FN3O4S2/c1-2-28-20(27)9-17-13-30-21(24-17)31-14-19(26)23-10-18-12-25(6-7-29-18)11-15-4-3-5-16(22)8-15/h3-5,8,13,18H,2,6-7,9-12,14H2,1H3,(H,23,26)/t18-/m0/s1. The Morgan fingerprint density at radius 2 is 2.32 bits per heavy atom. The molecule has 0 saturated carbocycles. The number of carbonyl (C=O) groups excluding carboxylic acids is 2. The summed E-state index contributed by atoms with van der Waals surface area (Å²) in [6.07, 6.45) is 0.0368. The van der Waals surface area contributed by atoms with Crippen LogP contribution in [0, 0.1) is 5.82 Å². The first-order valence-corrected chi connectivity index (χ1v) is 12.0. The van der Waals surface area contributed by atoms with Crippen molar-refractivity contribution in [1.29, 1.82) is 0 Å². The van der Waals surface area contributed by atoms with E-state index in [2.05, 4.69) is 15.2 Å². The topological polar surface area (TPSA) is 80.8 Å². The molecule has 0 aliphatic carbocycles. The van der Waals surface area contributed by atoms with Crippen molar-refractivity contribution in [2.75, 3.05) is 38.6 Å². The molecule has 1 N–H and O–H groups in total. The van der Waals surface area contributed by atoms with Crippen molar-refractivity contribution in [1.82, 2.24) is 15.2 Å². The van der Waals surface area contributed by atoms with E-state index in [1.54, 1.807) is 24.4 Å². The van der Waals surface area contributed by atoms with Crippen LogP contribution >= 0.6 is 23.1 Å². The highest BCUT2D eigenvalue weighted by molar-refractivity contribution is 8.01. The number of thioether (sulfide) groups is 1. The third-order valence-corrected chi connectivity index (χ3v) is 6.60. The summed E-state index contributed by atoms with van der Waals surface area (Å²) >= 11 is 2.74. The molecule has 31 heavy (non-hydrogen) atoms. The summed E-state index contributed by atoms with van der Waals surface area (Å²) in [7, 11) is 0. The summed E-state index contributed by atoms with van der Waals surface area (Å²) in [5, 5.41) is 4.71. The Kier molecular flexibility index (Phi) is 9.26. The molecular weight excluding hydrogens is 441 g/mol. The van der Waals surface area contributed by atoms with Gasteiger partial charge in [-0.2, -0.15) is 0 Å². The number of benzene rings is 1. The first-order valence-electron chi connectivity index (χ1n) is 10.1. The van der Waals surface area contributed by atoms with Gasteiger partial charge < -0.3 is 14.8 Å². The molecular formula is C21H26FN3O4S2. The highest BCUT2D eigenvalue weighted by Crippen LogP contribution is 2.22. The van der Waals surface area contributed by atoms with Crippen LogP contribution in [0.3, 0.4) is 0 Å². The average molecular weight is 468 g/mol. The largest absolute Gasteiger partial charge is 0.466 e. The number of thiazole rings is 1. The predicted molar refractivity (Wildman–Crippen MR) is 118 cm³/mol. The Bertz CT molecular complexity index is 880. The van der Waals surface area contributed by atoms with Crippen LogP contribution in [0.15, 0.2) is 34.0 Å². The average Bonchev–Trinajstić information content (AvgIpc) is 3.18. The lowest BCUT2D eigenvalue weighted by atomic mass is 10.2. The van der Waals surface area contributed by atoms with Gasteiger partial charge in [0, 0.05) is 31.6 Å². The van der Waals surface area contributed by atoms with Crippen molar-refractivity contribution in [3.05, 3.63) is 46.7 Å². The number of nitrogens with one attached hydrogen (secondary N) is 1. The van der Waals surface area contributed by atoms with E-state index in [9.17, 15) is 14.0 Å². The molecule has 2 aromatic rings. The molecule has 7 nitrogen and oxygen atoms in total. The van der Waals surface area contributed by atoms with Gasteiger partial charge in [-0.05, 0) is 24.6 Å². The minimum absolute atomic E-state index is 0.0991. The van der Waals surface area contributed by atoms with Crippen LogP contribution < -0.4 is 5.32 Å². The molecule has 10 heteroatoms. The first kappa shape index (κ1) is 23.6. The zero-order chi connectivity index (χ0) is 22.1. The summed E-state index contributed by atoms with van der Waals surface area (Å²) in [5.41, 5.74) is 1.58. The molecule has 1 aliphatic rings. The summed E-state index contributed by atoms with van der Waals surface area (Å²) in [6, 6.07) is 6.60. The van der Waals surface area contributed by atoms with E-state index in [0.29, 0.717) is 38.5 Å². The number of hydrogen-bond donors (Lipinski definition) is 1. The van der Waals surface area contributed by atoms with E-state index < -0.39 is 0 Å². The SMILES string of the molecule is CCOC(=O)Cc1csc(SCC(=O)NC[C@H]2CN(Cc3cccc(F)c3)CCO2)n1. The van der Waals surface area contributed by atoms with Crippen LogP contribution in [-0.4, -0.2) is 66.5 Å². The summed E-state index contributed by atoms with van der Waals surface area (Å²) in [6.45, 7) is 5.21. The van der Waals surface area contributed by atoms with Crippen molar-refractivity contribution in [3.63, 3.8) is 0 Å². The van der Waals surface area contributed by atoms with Crippen molar-refractivity contribution in [2.24, 2.45) is 0 Å². The molecule has 1 saturated heterocycles. The maximum Gasteiger partial charge on any atom is 0.311 e. The highest BCUT2D eigenvalue weighted by Gasteiger charge is 2.21. The Labute approximate surface area is 189 Å². The molecule has 0 bridgehead atoms. The van der Waals surface area contributed by atoms with Crippen molar-refractivity contribution >= 4 is 35.0 Å². The molecule has 1 amide bonds. The normalized spacial score (nSPS) is 16.8. The van der Waals surface area contributed by atoms with Gasteiger partial charge in [0.15, 0.2) is 4.34 Å². The molecule has 1 aromatic carbocycles. The molecule has 1 atom stereocenters. The van der Waals surface area contributed by atoms with Crippen molar-refractivity contribution < 1.29 is 23.5 Å². The number of nitrogens with zero attached hydrogens (tertiary/aromatic N) is 2. The quantitative estimate of drug-likeness (QED) is 0.425. The van der Waals surface area contributed by atoms with E-state index in [-0.39, 0.29) is 36.0 Å². The van der Waals surface area contributed by atoms with E-state index >= 15 is 0 Å². The highest BCUT2D eigenvalue weighted by atomic mass is 32.2. The molecule has 0 radical (unpaired) electrons. The van der Waals surface area contributed by atoms with Gasteiger partial charge in [-0.3, -0.25) is 14.5 Å². The van der Waals surface area contributed by atoms with Gasteiger partial charge in [-0.15, -0.1) is 11.3 Å². The predicted octanol–water partition coefficient (Wildman–Crippen LogP) is 2.50. The third kappa shape index (κ3) is 8.21. The zero-order valence-corrected chi connectivity index (χ0v) is 19.0. The van der Waals surface area contributed by atoms with Gasteiger partial charge in [0.1, 0.15) is 5.82 Å². The van der Waals surface area contributed by atoms with Gasteiger partial charge >= 0.3 is 5.97 Å². The maximum atomic E-state index is 13.4. The number of amides is 1. The number of carbonyl (C=O) groups is 2. The Balaban J connectivity index is 1.36. The molecule has 1 fully saturated rings. The molecule has 0 unspecified atom stereocenters. The molecule has 0 spiro atoms. The first-order chi connectivity index (χ1) is 15.0. The van der Waals surface area contributed by atoms with Gasteiger partial charge in [-0.1, -0.05) is 23.9 Å². The van der Waals surface area contributed by atoms with Crippen LogP contribution in [0.2, 0.25) is 0 Å². The lowest BCUT2D eigenvalue weighted by Gasteiger charge is -2.33. The van der Waals surface area contributed by atoms with Crippen LogP contribution in [0.25, 0.3) is 0 Å². The number of aromatic nitrogens is 1. The number of rotatable bonds is 10. The Morgan fingerprint density at radius 1 is 1.45 bits per heavy atom. The molecule has 1 aromatic heterocycles. The van der Waals surface area contributed by atoms with Crippen LogP contribution in [0.4, 0.5) is 4.39 Å². The Hall–Kier alpha value is -2.01. The van der Waals surface area contributed by atoms with Gasteiger partial charge in [0.25, 0.3) is 0 Å². The van der Waals surface area contributed by atoms with Gasteiger partial charge in [0.05, 0.1) is 37.2 Å². The van der Waals surface area contributed by atoms with Crippen LogP contribution in [0.5, 0.6) is 0 Å². The summed E-state index contributed by atoms with van der Waals surface area (Å²) < 4.78 is 24.8. The van der Waals surface area contributed by atoms with E-state index in [0.717, 1.165) is 16.4 Å². The number of morpholine rings is 1. The number of hydrogen-bond acceptors (Lipinski definition) is 8. The monoisotopic (exact) mass is 467 g/mol. The minimum atomic E-state index is -0.305. The molecule has 1 aliphatic heterocycles. The fourth-order valence-electron chi connectivity index (χ4n) is 3.14. The molecule has 3 rings (SSSR count). The number of ether oxygens (including phenoxy) is 2. The number of halogens is 1. The van der Waals surface area contributed by atoms with Gasteiger partial charge in [0.2, 0.25) is 5.91 Å². The third-order valence-electron chi connectivity index (χ3n) is 4.53. The van der Waals surface area contributed by atoms with Crippen LogP contribution in [0.1, 0.15) is 18.2 Å². The number of esters is 1. The van der Waals surface area contributed by atoms with E-state index in [1.165, 1.54) is 29.2 Å². The lowest BCUT2D eigenvalue weighted by molar-refractivity contribution is -0.142. The summed E-state index contributed by atoms with van der Waals surface area (Å²) in [5.74, 6) is -0.397. The lowest BCUT2D eigenvalue weighted by Crippen LogP contribution is -2.47. The fraction of sp³-hybridized carbons (Fsp3) is 0.476. The maximum absolute atomic E-state index is 13.4. The van der Waals surface area contributed by atoms with Gasteiger partial charge in [-0.25, -0.2) is 9.37 Å². The van der Waals surface area contributed by atoms with Crippen molar-refractivity contribution in [2.45, 2.75) is 30.3 Å². The molecule has 168 valence electrons. The minimum Gasteiger partial charge on any atom is -0.466 e. The smallest absolute Gasteiger partial charge is 0.311 e. The zero-order valence-electron chi connectivity index (χ0n) is 17.3. The van der Waals surface area contributed by atoms with Crippen LogP contribution in [-0.2, 0) is 32.0 Å².